The van der Waals surface area contributed by atoms with Crippen molar-refractivity contribution in [2.45, 2.75) is 57.2 Å². The zero-order valence-electron chi connectivity index (χ0n) is 12.2. The molecule has 0 unspecified atom stereocenters. The lowest BCUT2D eigenvalue weighted by atomic mass is 9.86. The average molecular weight is 371 g/mol. The quantitative estimate of drug-likeness (QED) is 0.869. The summed E-state index contributed by atoms with van der Waals surface area (Å²) in [5.41, 5.74) is -1.46. The predicted molar refractivity (Wildman–Crippen MR) is 86.0 cm³/mol. The Morgan fingerprint density at radius 3 is 2.57 bits per heavy atom. The van der Waals surface area contributed by atoms with Gasteiger partial charge in [0.05, 0.1) is 6.54 Å². The van der Waals surface area contributed by atoms with Gasteiger partial charge in [-0.2, -0.15) is 0 Å². The summed E-state index contributed by atoms with van der Waals surface area (Å²) in [4.78, 5) is 28.4. The Morgan fingerprint density at radius 2 is 2.00 bits per heavy atom. The van der Waals surface area contributed by atoms with Crippen LogP contribution in [0.15, 0.2) is 15.9 Å². The van der Waals surface area contributed by atoms with Crippen molar-refractivity contribution in [3.63, 3.8) is 0 Å². The average Bonchev–Trinajstić information content (AvgIpc) is 3.03. The maximum Gasteiger partial charge on any atom is 0.249 e. The molecule has 1 N–H and O–H groups in total. The highest BCUT2D eigenvalue weighted by atomic mass is 79.9. The first kappa shape index (κ1) is 15.0. The highest BCUT2D eigenvalue weighted by molar-refractivity contribution is 9.10. The van der Waals surface area contributed by atoms with E-state index in [0.29, 0.717) is 6.54 Å². The van der Waals surface area contributed by atoms with Crippen molar-refractivity contribution in [2.24, 2.45) is 0 Å². The molecule has 2 fully saturated rings. The zero-order valence-corrected chi connectivity index (χ0v) is 14.6. The predicted octanol–water partition coefficient (Wildman–Crippen LogP) is 3.06. The van der Waals surface area contributed by atoms with Crippen LogP contribution in [-0.2, 0) is 16.1 Å². The van der Waals surface area contributed by atoms with Gasteiger partial charge >= 0.3 is 0 Å². The van der Waals surface area contributed by atoms with Crippen molar-refractivity contribution in [3.8, 4) is 0 Å². The molecule has 1 saturated heterocycles. The SMILES string of the molecule is CC1(C)C(=O)NC2(CCCC2)C(=O)N1Cc1cc(Br)cs1. The van der Waals surface area contributed by atoms with Crippen LogP contribution in [0.3, 0.4) is 0 Å². The fourth-order valence-corrected chi connectivity index (χ4v) is 4.68. The molecule has 1 aliphatic carbocycles. The van der Waals surface area contributed by atoms with Gasteiger partial charge in [0.2, 0.25) is 11.8 Å². The molecule has 0 aromatic carbocycles. The third-order valence-corrected chi connectivity index (χ3v) is 6.31. The molecule has 21 heavy (non-hydrogen) atoms. The Balaban J connectivity index is 1.93. The number of carbonyl (C=O) groups is 2. The topological polar surface area (TPSA) is 49.4 Å². The molecule has 2 amide bonds. The van der Waals surface area contributed by atoms with Crippen LogP contribution in [0.5, 0.6) is 0 Å². The third-order valence-electron chi connectivity index (χ3n) is 4.63. The number of nitrogens with zero attached hydrogens (tertiary/aromatic N) is 1. The molecular weight excluding hydrogens is 352 g/mol. The van der Waals surface area contributed by atoms with Crippen molar-refractivity contribution >= 4 is 39.1 Å². The van der Waals surface area contributed by atoms with Crippen LogP contribution >= 0.6 is 27.3 Å². The lowest BCUT2D eigenvalue weighted by molar-refractivity contribution is -0.161. The largest absolute Gasteiger partial charge is 0.340 e. The van der Waals surface area contributed by atoms with Gasteiger partial charge in [0.15, 0.2) is 0 Å². The van der Waals surface area contributed by atoms with Gasteiger partial charge < -0.3 is 10.2 Å². The van der Waals surface area contributed by atoms with Crippen molar-refractivity contribution in [1.82, 2.24) is 10.2 Å². The van der Waals surface area contributed by atoms with Crippen LogP contribution in [-0.4, -0.2) is 27.8 Å². The first-order valence-electron chi connectivity index (χ1n) is 7.23. The fourth-order valence-electron chi connectivity index (χ4n) is 3.24. The molecule has 0 bridgehead atoms. The second kappa shape index (κ2) is 5.09. The normalized spacial score (nSPS) is 23.7. The smallest absolute Gasteiger partial charge is 0.249 e. The summed E-state index contributed by atoms with van der Waals surface area (Å²) >= 11 is 5.05. The minimum Gasteiger partial charge on any atom is -0.340 e. The summed E-state index contributed by atoms with van der Waals surface area (Å²) in [6.07, 6.45) is 3.53. The Hall–Kier alpha value is -0.880. The Kier molecular flexibility index (Phi) is 3.64. The van der Waals surface area contributed by atoms with E-state index in [0.717, 1.165) is 35.0 Å². The number of hydrogen-bond acceptors (Lipinski definition) is 3. The van der Waals surface area contributed by atoms with Crippen molar-refractivity contribution in [3.05, 3.63) is 20.8 Å². The lowest BCUT2D eigenvalue weighted by Gasteiger charge is -2.48. The maximum absolute atomic E-state index is 13.0. The molecule has 4 nitrogen and oxygen atoms in total. The third kappa shape index (κ3) is 2.42. The van der Waals surface area contributed by atoms with Crippen LogP contribution in [0.4, 0.5) is 0 Å². The molecule has 6 heteroatoms. The molecule has 114 valence electrons. The zero-order chi connectivity index (χ0) is 15.3. The maximum atomic E-state index is 13.0. The van der Waals surface area contributed by atoms with Gasteiger partial charge in [-0.3, -0.25) is 9.59 Å². The lowest BCUT2D eigenvalue weighted by Crippen LogP contribution is -2.73. The highest BCUT2D eigenvalue weighted by Gasteiger charge is 2.55. The van der Waals surface area contributed by atoms with Crippen LogP contribution in [0.25, 0.3) is 0 Å². The van der Waals surface area contributed by atoms with Crippen LogP contribution in [0, 0.1) is 0 Å². The number of nitrogens with one attached hydrogen (secondary N) is 1. The fraction of sp³-hybridized carbons (Fsp3) is 0.600. The van der Waals surface area contributed by atoms with E-state index >= 15 is 0 Å². The van der Waals surface area contributed by atoms with Crippen LogP contribution < -0.4 is 5.32 Å². The number of carbonyl (C=O) groups excluding carboxylic acids is 2. The number of rotatable bonds is 2. The molecule has 2 aliphatic rings. The minimum atomic E-state index is -0.804. The molecule has 1 aliphatic heterocycles. The first-order chi connectivity index (χ1) is 9.85. The van der Waals surface area contributed by atoms with Gasteiger partial charge in [-0.05, 0) is 48.7 Å². The van der Waals surface area contributed by atoms with Crippen LogP contribution in [0.2, 0.25) is 0 Å². The molecule has 1 aromatic heterocycles. The van der Waals surface area contributed by atoms with Crippen molar-refractivity contribution < 1.29 is 9.59 Å². The van der Waals surface area contributed by atoms with E-state index < -0.39 is 11.1 Å². The second-order valence-electron chi connectivity index (χ2n) is 6.42. The molecule has 0 atom stereocenters. The van der Waals surface area contributed by atoms with Gasteiger partial charge in [-0.15, -0.1) is 11.3 Å². The monoisotopic (exact) mass is 370 g/mol. The number of halogens is 1. The second-order valence-corrected chi connectivity index (χ2v) is 8.34. The Morgan fingerprint density at radius 1 is 1.33 bits per heavy atom. The first-order valence-corrected chi connectivity index (χ1v) is 8.90. The van der Waals surface area contributed by atoms with E-state index in [1.165, 1.54) is 0 Å². The summed E-state index contributed by atoms with van der Waals surface area (Å²) in [5.74, 6) is 0.0359. The number of thiophene rings is 1. The minimum absolute atomic E-state index is 0.0420. The van der Waals surface area contributed by atoms with Gasteiger partial charge in [0.25, 0.3) is 0 Å². The Bertz CT molecular complexity index is 590. The summed E-state index contributed by atoms with van der Waals surface area (Å²) < 4.78 is 1.02. The molecule has 2 heterocycles. The van der Waals surface area contributed by atoms with Crippen molar-refractivity contribution in [1.29, 1.82) is 0 Å². The van der Waals surface area contributed by atoms with Gasteiger partial charge in [0, 0.05) is 14.7 Å². The van der Waals surface area contributed by atoms with E-state index in [1.807, 2.05) is 25.3 Å². The van der Waals surface area contributed by atoms with Gasteiger partial charge in [-0.1, -0.05) is 12.8 Å². The number of hydrogen-bond donors (Lipinski definition) is 1. The summed E-state index contributed by atoms with van der Waals surface area (Å²) in [6.45, 7) is 4.15. The Labute approximate surface area is 137 Å². The highest BCUT2D eigenvalue weighted by Crippen LogP contribution is 2.38. The summed E-state index contributed by atoms with van der Waals surface area (Å²) in [6, 6.07) is 2.02. The van der Waals surface area contributed by atoms with E-state index in [2.05, 4.69) is 21.2 Å². The van der Waals surface area contributed by atoms with E-state index in [4.69, 9.17) is 0 Å². The number of piperazine rings is 1. The van der Waals surface area contributed by atoms with E-state index in [-0.39, 0.29) is 11.8 Å². The summed E-state index contributed by atoms with van der Waals surface area (Å²) in [7, 11) is 0. The van der Waals surface area contributed by atoms with Gasteiger partial charge in [-0.25, -0.2) is 0 Å². The van der Waals surface area contributed by atoms with E-state index in [9.17, 15) is 9.59 Å². The standard InChI is InChI=1S/C15H19BrN2O2S/c1-14(2)12(19)17-15(5-3-4-6-15)13(20)18(14)8-11-7-10(16)9-21-11/h7,9H,3-6,8H2,1-2H3,(H,17,19). The van der Waals surface area contributed by atoms with Crippen molar-refractivity contribution in [2.75, 3.05) is 0 Å². The van der Waals surface area contributed by atoms with Crippen LogP contribution in [0.1, 0.15) is 44.4 Å². The molecule has 1 aromatic rings. The molecule has 1 saturated carbocycles. The summed E-state index contributed by atoms with van der Waals surface area (Å²) in [5, 5.41) is 5.02. The molecular formula is C15H19BrN2O2S. The molecule has 3 rings (SSSR count). The number of amides is 2. The van der Waals surface area contributed by atoms with Gasteiger partial charge in [0.1, 0.15) is 11.1 Å². The molecule has 1 spiro atoms. The van der Waals surface area contributed by atoms with E-state index in [1.54, 1.807) is 16.2 Å². The molecule has 0 radical (unpaired) electrons.